The zero-order valence-electron chi connectivity index (χ0n) is 6.91. The van der Waals surface area contributed by atoms with Gasteiger partial charge in [0.25, 0.3) is 0 Å². The zero-order valence-corrected chi connectivity index (χ0v) is 6.91. The van der Waals surface area contributed by atoms with Crippen LogP contribution in [-0.2, 0) is 9.53 Å². The fraction of sp³-hybridized carbons (Fsp3) is 0.375. The number of hydrogen-bond acceptors (Lipinski definition) is 3. The fourth-order valence-electron chi connectivity index (χ4n) is 1.05. The maximum atomic E-state index is 11.9. The van der Waals surface area contributed by atoms with E-state index in [0.717, 1.165) is 12.2 Å². The minimum absolute atomic E-state index is 0.141. The normalized spacial score (nSPS) is 25.9. The summed E-state index contributed by atoms with van der Waals surface area (Å²) >= 11 is 0. The zero-order chi connectivity index (χ0) is 10.7. The summed E-state index contributed by atoms with van der Waals surface area (Å²) in [4.78, 5) is 13.0. The van der Waals surface area contributed by atoms with Crippen LogP contribution in [0.15, 0.2) is 29.3 Å². The average Bonchev–Trinajstić information content (AvgIpc) is 2.02. The summed E-state index contributed by atoms with van der Waals surface area (Å²) in [6.45, 7) is 0. The molecule has 0 aromatic rings. The van der Waals surface area contributed by atoms with Crippen LogP contribution in [0.4, 0.5) is 13.2 Å². The Kier molecular flexibility index (Phi) is 2.88. The first-order valence-corrected chi connectivity index (χ1v) is 3.68. The minimum atomic E-state index is -4.84. The average molecular weight is 205 g/mol. The van der Waals surface area contributed by atoms with Gasteiger partial charge in [-0.15, -0.1) is 13.2 Å². The van der Waals surface area contributed by atoms with Crippen molar-refractivity contribution >= 4 is 6.08 Å². The van der Waals surface area contributed by atoms with Crippen LogP contribution >= 0.6 is 0 Å². The van der Waals surface area contributed by atoms with Crippen LogP contribution in [0, 0.1) is 0 Å². The van der Waals surface area contributed by atoms with Crippen molar-refractivity contribution in [2.75, 3.05) is 0 Å². The molecule has 14 heavy (non-hydrogen) atoms. The molecule has 0 bridgehead atoms. The molecule has 1 aliphatic rings. The molecule has 0 saturated carbocycles. The second-order valence-corrected chi connectivity index (χ2v) is 2.59. The topological polar surface area (TPSA) is 38.7 Å². The molecule has 3 nitrogen and oxygen atoms in total. The number of nitrogens with zero attached hydrogens (tertiary/aromatic N) is 1. The molecule has 0 saturated heterocycles. The molecular formula is C8H6F3NO2. The van der Waals surface area contributed by atoms with E-state index in [2.05, 4.69) is 9.73 Å². The van der Waals surface area contributed by atoms with Gasteiger partial charge in [-0.1, -0.05) is 18.2 Å². The van der Waals surface area contributed by atoms with Crippen molar-refractivity contribution in [3.63, 3.8) is 0 Å². The van der Waals surface area contributed by atoms with Gasteiger partial charge in [0, 0.05) is 6.42 Å². The molecule has 76 valence electrons. The molecule has 0 aliphatic heterocycles. The number of carbonyl (C=O) groups excluding carboxylic acids is 1. The maximum Gasteiger partial charge on any atom is 0.524 e. The molecule has 6 heteroatoms. The first-order chi connectivity index (χ1) is 6.47. The number of ether oxygens (including phenoxy) is 1. The van der Waals surface area contributed by atoms with E-state index in [1.165, 1.54) is 18.2 Å². The lowest BCUT2D eigenvalue weighted by Crippen LogP contribution is -2.35. The van der Waals surface area contributed by atoms with Crippen molar-refractivity contribution in [3.05, 3.63) is 24.3 Å². The van der Waals surface area contributed by atoms with Gasteiger partial charge in [0.15, 0.2) is 0 Å². The Hall–Kier alpha value is -1.39. The SMILES string of the molecule is O=C=NC1(OC(F)(F)F)C=CC=CC1. The summed E-state index contributed by atoms with van der Waals surface area (Å²) in [5, 5.41) is 0. The van der Waals surface area contributed by atoms with Gasteiger partial charge in [0.1, 0.15) is 0 Å². The lowest BCUT2D eigenvalue weighted by Gasteiger charge is -2.25. The Morgan fingerprint density at radius 3 is 2.57 bits per heavy atom. The van der Waals surface area contributed by atoms with Crippen LogP contribution in [0.3, 0.4) is 0 Å². The molecule has 1 aliphatic carbocycles. The van der Waals surface area contributed by atoms with E-state index in [4.69, 9.17) is 0 Å². The monoisotopic (exact) mass is 205 g/mol. The number of rotatable bonds is 2. The lowest BCUT2D eigenvalue weighted by atomic mass is 10.1. The van der Waals surface area contributed by atoms with Crippen LogP contribution in [0.25, 0.3) is 0 Å². The summed E-state index contributed by atoms with van der Waals surface area (Å²) in [5.74, 6) is 0. The van der Waals surface area contributed by atoms with Crippen molar-refractivity contribution in [1.29, 1.82) is 0 Å². The van der Waals surface area contributed by atoms with Crippen LogP contribution < -0.4 is 0 Å². The maximum absolute atomic E-state index is 11.9. The molecule has 0 spiro atoms. The van der Waals surface area contributed by atoms with E-state index < -0.39 is 12.1 Å². The number of hydrogen-bond donors (Lipinski definition) is 0. The summed E-state index contributed by atoms with van der Waals surface area (Å²) in [7, 11) is 0. The van der Waals surface area contributed by atoms with Gasteiger partial charge >= 0.3 is 6.36 Å². The number of aliphatic imine (C=N–C) groups is 1. The van der Waals surface area contributed by atoms with Gasteiger partial charge < -0.3 is 0 Å². The first kappa shape index (κ1) is 10.7. The molecule has 0 heterocycles. The van der Waals surface area contributed by atoms with Gasteiger partial charge in [-0.25, -0.2) is 4.79 Å². The molecule has 1 rings (SSSR count). The Bertz CT molecular complexity index is 315. The highest BCUT2D eigenvalue weighted by Crippen LogP contribution is 2.31. The largest absolute Gasteiger partial charge is 0.524 e. The van der Waals surface area contributed by atoms with Gasteiger partial charge in [-0.05, 0) is 6.08 Å². The second-order valence-electron chi connectivity index (χ2n) is 2.59. The van der Waals surface area contributed by atoms with Crippen molar-refractivity contribution in [1.82, 2.24) is 0 Å². The molecule has 0 aromatic carbocycles. The van der Waals surface area contributed by atoms with Gasteiger partial charge in [-0.2, -0.15) is 4.99 Å². The van der Waals surface area contributed by atoms with Crippen LogP contribution in [0.1, 0.15) is 6.42 Å². The molecule has 0 fully saturated rings. The fourth-order valence-corrected chi connectivity index (χ4v) is 1.05. The smallest absolute Gasteiger partial charge is 0.258 e. The summed E-state index contributed by atoms with van der Waals surface area (Å²) in [6.07, 6.45) is 1.44. The van der Waals surface area contributed by atoms with E-state index in [1.807, 2.05) is 0 Å². The minimum Gasteiger partial charge on any atom is -0.258 e. The third-order valence-corrected chi connectivity index (χ3v) is 1.54. The third-order valence-electron chi connectivity index (χ3n) is 1.54. The van der Waals surface area contributed by atoms with E-state index in [9.17, 15) is 18.0 Å². The van der Waals surface area contributed by atoms with Crippen LogP contribution in [0.2, 0.25) is 0 Å². The van der Waals surface area contributed by atoms with E-state index >= 15 is 0 Å². The molecule has 0 aromatic heterocycles. The quantitative estimate of drug-likeness (QED) is 0.511. The molecule has 1 unspecified atom stereocenters. The van der Waals surface area contributed by atoms with Crippen molar-refractivity contribution in [2.45, 2.75) is 18.5 Å². The van der Waals surface area contributed by atoms with Crippen molar-refractivity contribution < 1.29 is 22.7 Å². The van der Waals surface area contributed by atoms with Crippen molar-refractivity contribution in [2.24, 2.45) is 4.99 Å². The number of halogens is 3. The highest BCUT2D eigenvalue weighted by atomic mass is 19.4. The van der Waals surface area contributed by atoms with E-state index in [1.54, 1.807) is 0 Å². The molecule has 0 N–H and O–H groups in total. The summed E-state index contributed by atoms with van der Waals surface area (Å²) < 4.78 is 39.6. The number of isocyanates is 1. The standard InChI is InChI=1S/C8H6F3NO2/c9-8(10,11)14-7(12-6-13)4-2-1-3-5-7/h1-4H,5H2. The Labute approximate surface area is 77.6 Å². The Morgan fingerprint density at radius 2 is 2.14 bits per heavy atom. The number of alkyl halides is 3. The highest BCUT2D eigenvalue weighted by molar-refractivity contribution is 5.36. The molecule has 1 atom stereocenters. The second kappa shape index (κ2) is 3.77. The van der Waals surface area contributed by atoms with Crippen molar-refractivity contribution in [3.8, 4) is 0 Å². The van der Waals surface area contributed by atoms with E-state index in [-0.39, 0.29) is 6.42 Å². The molecular weight excluding hydrogens is 199 g/mol. The highest BCUT2D eigenvalue weighted by Gasteiger charge is 2.42. The lowest BCUT2D eigenvalue weighted by molar-refractivity contribution is -0.356. The first-order valence-electron chi connectivity index (χ1n) is 3.68. The molecule has 0 radical (unpaired) electrons. The van der Waals surface area contributed by atoms with Gasteiger partial charge in [0.2, 0.25) is 11.8 Å². The predicted octanol–water partition coefficient (Wildman–Crippen LogP) is 2.07. The summed E-state index contributed by atoms with van der Waals surface area (Å²) in [5.41, 5.74) is -1.98. The molecule has 0 amide bonds. The Balaban J connectivity index is 2.89. The van der Waals surface area contributed by atoms with Gasteiger partial charge in [0.05, 0.1) is 0 Å². The van der Waals surface area contributed by atoms with Gasteiger partial charge in [-0.3, -0.25) is 4.74 Å². The van der Waals surface area contributed by atoms with Crippen LogP contribution in [-0.4, -0.2) is 18.2 Å². The summed E-state index contributed by atoms with van der Waals surface area (Å²) in [6, 6.07) is 0. The Morgan fingerprint density at radius 1 is 1.43 bits per heavy atom. The number of allylic oxidation sites excluding steroid dienone is 2. The van der Waals surface area contributed by atoms with Crippen LogP contribution in [0.5, 0.6) is 0 Å². The third kappa shape index (κ3) is 2.83. The van der Waals surface area contributed by atoms with E-state index in [0.29, 0.717) is 0 Å². The predicted molar refractivity (Wildman–Crippen MR) is 40.9 cm³/mol.